The van der Waals surface area contributed by atoms with Gasteiger partial charge in [-0.1, -0.05) is 0 Å². The average molecular weight is 208 g/mol. The lowest BCUT2D eigenvalue weighted by molar-refractivity contribution is 0.436. The third kappa shape index (κ3) is 1.52. The van der Waals surface area contributed by atoms with Crippen LogP contribution in [0.5, 0.6) is 0 Å². The third-order valence-electron chi connectivity index (χ3n) is 3.34. The average Bonchev–Trinajstić information content (AvgIpc) is 2.89. The van der Waals surface area contributed by atoms with E-state index in [0.717, 1.165) is 44.0 Å². The molecule has 0 saturated carbocycles. The highest BCUT2D eigenvalue weighted by Gasteiger charge is 2.21. The number of hydrogen-bond acceptors (Lipinski definition) is 3. The van der Waals surface area contributed by atoms with E-state index in [0.29, 0.717) is 5.92 Å². The van der Waals surface area contributed by atoms with Gasteiger partial charge < -0.3 is 10.6 Å². The molecule has 0 amide bonds. The fourth-order valence-electron chi connectivity index (χ4n) is 2.47. The fourth-order valence-corrected chi connectivity index (χ4v) is 2.47. The van der Waals surface area contributed by atoms with Gasteiger partial charge in [0.05, 0.1) is 11.3 Å². The molecule has 0 spiro atoms. The molecule has 15 heavy (non-hydrogen) atoms. The zero-order valence-corrected chi connectivity index (χ0v) is 8.68. The second-order valence-corrected chi connectivity index (χ2v) is 4.45. The van der Waals surface area contributed by atoms with Crippen LogP contribution >= 0.6 is 0 Å². The lowest BCUT2D eigenvalue weighted by atomic mass is 10.1. The third-order valence-corrected chi connectivity index (χ3v) is 3.34. The van der Waals surface area contributed by atoms with Crippen molar-refractivity contribution in [2.24, 2.45) is 5.92 Å². The fraction of sp³-hybridized carbons (Fsp3) is 0.700. The first-order chi connectivity index (χ1) is 7.34. The van der Waals surface area contributed by atoms with Crippen LogP contribution in [0, 0.1) is 5.92 Å². The first-order valence-corrected chi connectivity index (χ1v) is 5.56. The molecule has 1 fully saturated rings. The van der Waals surface area contributed by atoms with Gasteiger partial charge in [0.1, 0.15) is 0 Å². The number of fused-ring (bicyclic) bond motifs is 1. The van der Waals surface area contributed by atoms with Crippen LogP contribution in [-0.4, -0.2) is 22.9 Å². The van der Waals surface area contributed by atoms with Crippen molar-refractivity contribution in [2.45, 2.75) is 26.1 Å². The SMILES string of the molecule is O=c1c2c([nH]n1CC1CCNC1)CNC2. The summed E-state index contributed by atoms with van der Waals surface area (Å²) in [5.41, 5.74) is 2.17. The van der Waals surface area contributed by atoms with Crippen molar-refractivity contribution in [1.29, 1.82) is 0 Å². The van der Waals surface area contributed by atoms with E-state index in [9.17, 15) is 4.79 Å². The van der Waals surface area contributed by atoms with Crippen LogP contribution in [0.4, 0.5) is 0 Å². The zero-order chi connectivity index (χ0) is 10.3. The van der Waals surface area contributed by atoms with Crippen LogP contribution in [0.15, 0.2) is 4.79 Å². The molecule has 0 aromatic carbocycles. The van der Waals surface area contributed by atoms with Gasteiger partial charge in [-0.3, -0.25) is 14.6 Å². The molecule has 2 aliphatic heterocycles. The van der Waals surface area contributed by atoms with Crippen molar-refractivity contribution in [1.82, 2.24) is 20.4 Å². The van der Waals surface area contributed by atoms with E-state index in [1.165, 1.54) is 6.42 Å². The van der Waals surface area contributed by atoms with Crippen LogP contribution < -0.4 is 16.2 Å². The van der Waals surface area contributed by atoms with Crippen LogP contribution in [0.2, 0.25) is 0 Å². The highest BCUT2D eigenvalue weighted by molar-refractivity contribution is 5.21. The Hall–Kier alpha value is -1.07. The number of nitrogens with zero attached hydrogens (tertiary/aromatic N) is 1. The molecule has 5 nitrogen and oxygen atoms in total. The van der Waals surface area contributed by atoms with Gasteiger partial charge in [-0.05, 0) is 25.4 Å². The predicted molar refractivity (Wildman–Crippen MR) is 56.6 cm³/mol. The minimum Gasteiger partial charge on any atom is -0.316 e. The Bertz CT molecular complexity index is 414. The second kappa shape index (κ2) is 3.50. The van der Waals surface area contributed by atoms with Crippen molar-refractivity contribution >= 4 is 0 Å². The van der Waals surface area contributed by atoms with E-state index >= 15 is 0 Å². The van der Waals surface area contributed by atoms with Crippen LogP contribution in [0.3, 0.4) is 0 Å². The standard InChI is InChI=1S/C10H16N4O/c15-10-8-4-12-5-9(8)13-14(10)6-7-1-2-11-3-7/h7,11-13H,1-6H2. The van der Waals surface area contributed by atoms with E-state index in [4.69, 9.17) is 0 Å². The molecule has 1 unspecified atom stereocenters. The minimum atomic E-state index is 0.168. The van der Waals surface area contributed by atoms with E-state index in [-0.39, 0.29) is 5.56 Å². The van der Waals surface area contributed by atoms with Crippen molar-refractivity contribution < 1.29 is 0 Å². The monoisotopic (exact) mass is 208 g/mol. The largest absolute Gasteiger partial charge is 0.316 e. The summed E-state index contributed by atoms with van der Waals surface area (Å²) in [5.74, 6) is 0.606. The molecule has 1 aromatic heterocycles. The number of hydrogen-bond donors (Lipinski definition) is 3. The van der Waals surface area contributed by atoms with Crippen molar-refractivity contribution in [3.8, 4) is 0 Å². The number of nitrogens with one attached hydrogen (secondary N) is 3. The number of aromatic nitrogens is 2. The molecule has 1 aromatic rings. The number of aromatic amines is 1. The summed E-state index contributed by atoms with van der Waals surface area (Å²) >= 11 is 0. The maximum Gasteiger partial charge on any atom is 0.271 e. The van der Waals surface area contributed by atoms with Gasteiger partial charge in [0.2, 0.25) is 0 Å². The van der Waals surface area contributed by atoms with Gasteiger partial charge in [0.15, 0.2) is 0 Å². The van der Waals surface area contributed by atoms with Gasteiger partial charge >= 0.3 is 0 Å². The van der Waals surface area contributed by atoms with Crippen LogP contribution in [-0.2, 0) is 19.6 Å². The molecule has 3 N–H and O–H groups in total. The summed E-state index contributed by atoms with van der Waals surface area (Å²) in [5, 5.41) is 9.69. The van der Waals surface area contributed by atoms with Crippen molar-refractivity contribution in [3.63, 3.8) is 0 Å². The molecular formula is C10H16N4O. The van der Waals surface area contributed by atoms with E-state index in [1.807, 2.05) is 0 Å². The molecule has 1 atom stereocenters. The maximum absolute atomic E-state index is 11.9. The molecule has 3 rings (SSSR count). The van der Waals surface area contributed by atoms with E-state index in [1.54, 1.807) is 4.68 Å². The second-order valence-electron chi connectivity index (χ2n) is 4.45. The van der Waals surface area contributed by atoms with Gasteiger partial charge in [-0.2, -0.15) is 0 Å². The molecular weight excluding hydrogens is 192 g/mol. The maximum atomic E-state index is 11.9. The Balaban J connectivity index is 1.83. The highest BCUT2D eigenvalue weighted by atomic mass is 16.1. The molecule has 3 heterocycles. The summed E-state index contributed by atoms with van der Waals surface area (Å²) in [6, 6.07) is 0. The predicted octanol–water partition coefficient (Wildman–Crippen LogP) is -0.611. The summed E-state index contributed by atoms with van der Waals surface area (Å²) in [7, 11) is 0. The lowest BCUT2D eigenvalue weighted by Crippen LogP contribution is -2.25. The Kier molecular flexibility index (Phi) is 2.14. The lowest BCUT2D eigenvalue weighted by Gasteiger charge is -2.08. The minimum absolute atomic E-state index is 0.168. The van der Waals surface area contributed by atoms with Crippen LogP contribution in [0.1, 0.15) is 17.7 Å². The topological polar surface area (TPSA) is 61.9 Å². The Morgan fingerprint density at radius 2 is 2.27 bits per heavy atom. The summed E-state index contributed by atoms with van der Waals surface area (Å²) < 4.78 is 1.78. The van der Waals surface area contributed by atoms with E-state index in [2.05, 4.69) is 15.7 Å². The Labute approximate surface area is 87.8 Å². The molecule has 5 heteroatoms. The summed E-state index contributed by atoms with van der Waals surface area (Å²) in [6.45, 7) is 4.48. The summed E-state index contributed by atoms with van der Waals surface area (Å²) in [4.78, 5) is 11.9. The van der Waals surface area contributed by atoms with Gasteiger partial charge in [0.25, 0.3) is 5.56 Å². The molecule has 2 aliphatic rings. The number of rotatable bonds is 2. The van der Waals surface area contributed by atoms with Crippen molar-refractivity contribution in [2.75, 3.05) is 13.1 Å². The smallest absolute Gasteiger partial charge is 0.271 e. The van der Waals surface area contributed by atoms with Gasteiger partial charge in [0, 0.05) is 19.6 Å². The first-order valence-electron chi connectivity index (χ1n) is 5.56. The normalized spacial score (nSPS) is 24.7. The van der Waals surface area contributed by atoms with Gasteiger partial charge in [-0.25, -0.2) is 0 Å². The zero-order valence-electron chi connectivity index (χ0n) is 8.68. The molecule has 0 aliphatic carbocycles. The van der Waals surface area contributed by atoms with E-state index < -0.39 is 0 Å². The first kappa shape index (κ1) is 9.18. The molecule has 1 saturated heterocycles. The molecule has 82 valence electrons. The quantitative estimate of drug-likeness (QED) is 0.607. The number of H-pyrrole nitrogens is 1. The molecule has 0 radical (unpaired) electrons. The molecule has 0 bridgehead atoms. The Morgan fingerprint density at radius 3 is 3.00 bits per heavy atom. The van der Waals surface area contributed by atoms with Gasteiger partial charge in [-0.15, -0.1) is 0 Å². The summed E-state index contributed by atoms with van der Waals surface area (Å²) in [6.07, 6.45) is 1.17. The Morgan fingerprint density at radius 1 is 1.33 bits per heavy atom. The van der Waals surface area contributed by atoms with Crippen LogP contribution in [0.25, 0.3) is 0 Å². The highest BCUT2D eigenvalue weighted by Crippen LogP contribution is 2.12. The van der Waals surface area contributed by atoms with Crippen molar-refractivity contribution in [3.05, 3.63) is 21.6 Å².